The van der Waals surface area contributed by atoms with Gasteiger partial charge in [0.25, 0.3) is 0 Å². The third-order valence-electron chi connectivity index (χ3n) is 6.81. The molecule has 1 aromatic carbocycles. The summed E-state index contributed by atoms with van der Waals surface area (Å²) in [5.41, 5.74) is -0.994. The molecule has 40 heavy (non-hydrogen) atoms. The highest BCUT2D eigenvalue weighted by Crippen LogP contribution is 2.46. The van der Waals surface area contributed by atoms with E-state index >= 15 is 0 Å². The van der Waals surface area contributed by atoms with Gasteiger partial charge in [0.05, 0.1) is 17.0 Å². The summed E-state index contributed by atoms with van der Waals surface area (Å²) in [4.78, 5) is 15.6. The largest absolute Gasteiger partial charge is 0.523 e. The Morgan fingerprint density at radius 3 is 1.88 bits per heavy atom. The number of halogens is 3. The van der Waals surface area contributed by atoms with E-state index in [0.29, 0.717) is 50.0 Å². The van der Waals surface area contributed by atoms with E-state index in [1.54, 1.807) is 61.7 Å². The number of nitriles is 2. The standard InChI is InChI=1S/C30H15F3N6S/c1-16-18(29(36-2)37-3)12-20-24(16)25(22-8-4-6-10-38-22)21-13-19(17(14-34)15-35)28(40-30(31,32)33)27(21)26(20)23-9-5-7-11-39-23/h4-11H,12-13H2,1H3. The van der Waals surface area contributed by atoms with Crippen LogP contribution in [0.5, 0.6) is 0 Å². The Bertz CT molecular complexity index is 1920. The first-order valence-corrected chi connectivity index (χ1v) is 12.6. The smallest absolute Gasteiger partial charge is 0.256 e. The topological polar surface area (TPSA) is 82.1 Å². The Morgan fingerprint density at radius 1 is 0.875 bits per heavy atom. The maximum atomic E-state index is 14.0. The average Bonchev–Trinajstić information content (AvgIpc) is 3.47. The summed E-state index contributed by atoms with van der Waals surface area (Å²) in [6, 6.07) is 13.9. The Morgan fingerprint density at radius 2 is 1.40 bits per heavy atom. The van der Waals surface area contributed by atoms with E-state index in [4.69, 9.17) is 13.1 Å². The fraction of sp³-hybridized carbons (Fsp3) is 0.133. The van der Waals surface area contributed by atoms with Crippen molar-refractivity contribution in [3.8, 4) is 34.7 Å². The van der Waals surface area contributed by atoms with Gasteiger partial charge in [-0.1, -0.05) is 12.1 Å². The van der Waals surface area contributed by atoms with Crippen LogP contribution in [0.4, 0.5) is 13.2 Å². The number of nitrogens with zero attached hydrogens (tertiary/aromatic N) is 6. The summed E-state index contributed by atoms with van der Waals surface area (Å²) in [6.45, 7) is 16.9. The molecule has 0 spiro atoms. The normalized spacial score (nSPS) is 13.6. The Balaban J connectivity index is 2.12. The van der Waals surface area contributed by atoms with E-state index in [1.807, 2.05) is 0 Å². The number of aromatic nitrogens is 2. The van der Waals surface area contributed by atoms with Gasteiger partial charge in [-0.05, 0) is 76.9 Å². The van der Waals surface area contributed by atoms with Crippen LogP contribution in [0.2, 0.25) is 0 Å². The van der Waals surface area contributed by atoms with Crippen LogP contribution < -0.4 is 10.4 Å². The van der Waals surface area contributed by atoms with Crippen molar-refractivity contribution in [1.82, 2.24) is 9.97 Å². The zero-order valence-corrected chi connectivity index (χ0v) is 21.6. The zero-order chi connectivity index (χ0) is 28.6. The van der Waals surface area contributed by atoms with Crippen molar-refractivity contribution < 1.29 is 13.2 Å². The second-order valence-corrected chi connectivity index (χ2v) is 9.92. The van der Waals surface area contributed by atoms with Gasteiger partial charge in [0.2, 0.25) is 0 Å². The predicted octanol–water partition coefficient (Wildman–Crippen LogP) is 5.85. The molecule has 0 radical (unpaired) electrons. The fourth-order valence-electron chi connectivity index (χ4n) is 5.32. The van der Waals surface area contributed by atoms with Gasteiger partial charge in [0.1, 0.15) is 30.9 Å². The Hall–Kier alpha value is -5.16. The van der Waals surface area contributed by atoms with Gasteiger partial charge in [0, 0.05) is 40.1 Å². The van der Waals surface area contributed by atoms with Crippen molar-refractivity contribution in [2.45, 2.75) is 25.3 Å². The number of fused-ring (bicyclic) bond motifs is 2. The average molecular weight is 549 g/mol. The molecule has 0 saturated carbocycles. The highest BCUT2D eigenvalue weighted by molar-refractivity contribution is 8.09. The second-order valence-electron chi connectivity index (χ2n) is 8.85. The molecule has 0 fully saturated rings. The summed E-state index contributed by atoms with van der Waals surface area (Å²) in [6.07, 6.45) is 3.13. The lowest BCUT2D eigenvalue weighted by Crippen LogP contribution is -2.25. The molecule has 10 heteroatoms. The lowest BCUT2D eigenvalue weighted by atomic mass is 9.90. The van der Waals surface area contributed by atoms with Crippen LogP contribution in [0.25, 0.3) is 42.7 Å². The van der Waals surface area contributed by atoms with Gasteiger partial charge >= 0.3 is 11.3 Å². The van der Waals surface area contributed by atoms with Gasteiger partial charge < -0.3 is 0 Å². The summed E-state index contributed by atoms with van der Waals surface area (Å²) in [5.74, 6) is -0.112. The molecule has 0 saturated heterocycles. The molecule has 0 atom stereocenters. The summed E-state index contributed by atoms with van der Waals surface area (Å²) in [7, 11) is 0. The highest BCUT2D eigenvalue weighted by Gasteiger charge is 2.39. The van der Waals surface area contributed by atoms with Crippen LogP contribution in [0.3, 0.4) is 0 Å². The fourth-order valence-corrected chi connectivity index (χ4v) is 6.18. The first-order valence-electron chi connectivity index (χ1n) is 11.8. The van der Waals surface area contributed by atoms with E-state index in [1.165, 1.54) is 6.20 Å². The number of thioether (sulfide) groups is 1. The molecule has 2 aromatic heterocycles. The predicted molar refractivity (Wildman–Crippen MR) is 144 cm³/mol. The molecule has 0 amide bonds. The van der Waals surface area contributed by atoms with Gasteiger partial charge in [0.15, 0.2) is 0 Å². The minimum Gasteiger partial charge on any atom is -0.256 e. The Kier molecular flexibility index (Phi) is 6.74. The van der Waals surface area contributed by atoms with Crippen molar-refractivity contribution >= 4 is 22.2 Å². The molecule has 5 rings (SSSR count). The molecule has 0 bridgehead atoms. The molecular weight excluding hydrogens is 533 g/mol. The Labute approximate surface area is 231 Å². The quantitative estimate of drug-likeness (QED) is 0.303. The van der Waals surface area contributed by atoms with Crippen molar-refractivity contribution in [2.75, 3.05) is 0 Å². The lowest BCUT2D eigenvalue weighted by molar-refractivity contribution is -0.0318. The highest BCUT2D eigenvalue weighted by atomic mass is 32.2. The number of benzene rings is 1. The van der Waals surface area contributed by atoms with Crippen LogP contribution in [0.1, 0.15) is 18.1 Å². The van der Waals surface area contributed by atoms with E-state index in [2.05, 4.69) is 19.7 Å². The minimum atomic E-state index is -4.71. The third kappa shape index (κ3) is 4.31. The summed E-state index contributed by atoms with van der Waals surface area (Å²) >= 11 is -0.358. The van der Waals surface area contributed by atoms with E-state index in [0.717, 1.165) is 0 Å². The van der Waals surface area contributed by atoms with Gasteiger partial charge in [-0.3, -0.25) is 9.97 Å². The first kappa shape index (κ1) is 26.4. The third-order valence-corrected chi connectivity index (χ3v) is 7.70. The molecule has 2 aliphatic carbocycles. The van der Waals surface area contributed by atoms with Gasteiger partial charge in [-0.25, -0.2) is 0 Å². The number of allylic oxidation sites excluding steroid dienone is 2. The molecule has 0 aliphatic heterocycles. The van der Waals surface area contributed by atoms with Gasteiger partial charge in [-0.2, -0.15) is 33.4 Å². The lowest BCUT2D eigenvalue weighted by Gasteiger charge is -2.16. The van der Waals surface area contributed by atoms with Crippen LogP contribution in [0.15, 0.2) is 71.3 Å². The number of alkyl halides is 3. The molecule has 0 N–H and O–H groups in total. The number of rotatable bonds is 3. The second kappa shape index (κ2) is 10.2. The van der Waals surface area contributed by atoms with Crippen molar-refractivity contribution in [2.24, 2.45) is 0 Å². The maximum absolute atomic E-state index is 14.0. The molecule has 6 nitrogen and oxygen atoms in total. The van der Waals surface area contributed by atoms with Crippen molar-refractivity contribution in [1.29, 1.82) is 10.5 Å². The minimum absolute atomic E-state index is 0.00298. The van der Waals surface area contributed by atoms with Crippen LogP contribution >= 0.6 is 11.8 Å². The number of pyridine rings is 2. The SMILES string of the molecule is [C-]#[N+]C([N+]#[C-])=C1Cc2c(-c3ccccn3)c3c(c(-c4ccccn4)c2=C1C)CC(=C(C#N)C#N)C=3SC(F)(F)F. The van der Waals surface area contributed by atoms with E-state index in [9.17, 15) is 23.7 Å². The molecule has 0 unspecified atom stereocenters. The van der Waals surface area contributed by atoms with Crippen LogP contribution in [-0.4, -0.2) is 15.5 Å². The monoisotopic (exact) mass is 548 g/mol. The molecule has 192 valence electrons. The summed E-state index contributed by atoms with van der Waals surface area (Å²) < 4.78 is 42.1. The molecule has 3 aromatic rings. The van der Waals surface area contributed by atoms with Crippen molar-refractivity contribution in [3.63, 3.8) is 0 Å². The number of hydrogen-bond acceptors (Lipinski definition) is 5. The molecule has 2 heterocycles. The van der Waals surface area contributed by atoms with Gasteiger partial charge in [-0.15, -0.1) is 0 Å². The van der Waals surface area contributed by atoms with Crippen LogP contribution in [0, 0.1) is 35.8 Å². The zero-order valence-electron chi connectivity index (χ0n) is 20.8. The van der Waals surface area contributed by atoms with E-state index < -0.39 is 11.1 Å². The summed E-state index contributed by atoms with van der Waals surface area (Å²) in [5, 5.41) is 20.3. The van der Waals surface area contributed by atoms with E-state index in [-0.39, 0.29) is 46.1 Å². The number of hydrogen-bond donors (Lipinski definition) is 0. The van der Waals surface area contributed by atoms with Crippen molar-refractivity contribution in [3.05, 3.63) is 116 Å². The molecular formula is C30H15F3N6S. The first-order chi connectivity index (χ1) is 19.2. The van der Waals surface area contributed by atoms with Crippen LogP contribution in [-0.2, 0) is 12.8 Å². The maximum Gasteiger partial charge on any atom is 0.523 e. The molecule has 2 aliphatic rings.